The molecular formula is C12H16FNS. The molecule has 1 unspecified atom stereocenters. The number of hydrogen-bond acceptors (Lipinski definition) is 2. The second-order valence-corrected chi connectivity index (χ2v) is 4.91. The van der Waals surface area contributed by atoms with Crippen molar-refractivity contribution in [1.29, 1.82) is 0 Å². The Hall–Kier alpha value is -0.540. The quantitative estimate of drug-likeness (QED) is 0.846. The maximum Gasteiger partial charge on any atom is 0.137 e. The van der Waals surface area contributed by atoms with Crippen molar-refractivity contribution in [2.45, 2.75) is 30.7 Å². The summed E-state index contributed by atoms with van der Waals surface area (Å²) in [4.78, 5) is 0.845. The van der Waals surface area contributed by atoms with Gasteiger partial charge >= 0.3 is 0 Å². The van der Waals surface area contributed by atoms with Crippen molar-refractivity contribution in [2.75, 3.05) is 12.3 Å². The molecule has 1 heterocycles. The van der Waals surface area contributed by atoms with Crippen LogP contribution in [0.4, 0.5) is 4.39 Å². The molecule has 1 aromatic carbocycles. The van der Waals surface area contributed by atoms with Gasteiger partial charge in [-0.3, -0.25) is 0 Å². The molecular weight excluding hydrogens is 209 g/mol. The van der Waals surface area contributed by atoms with Crippen LogP contribution in [0.25, 0.3) is 0 Å². The number of benzene rings is 1. The van der Waals surface area contributed by atoms with Crippen LogP contribution in [0.2, 0.25) is 0 Å². The molecule has 1 aliphatic heterocycles. The summed E-state index contributed by atoms with van der Waals surface area (Å²) in [6.07, 6.45) is 2.22. The summed E-state index contributed by atoms with van der Waals surface area (Å²) in [6.45, 7) is 3.16. The Labute approximate surface area is 94.5 Å². The molecule has 3 heteroatoms. The monoisotopic (exact) mass is 225 g/mol. The van der Waals surface area contributed by atoms with E-state index in [1.165, 1.54) is 0 Å². The van der Waals surface area contributed by atoms with E-state index in [4.69, 9.17) is 0 Å². The molecule has 2 rings (SSSR count). The molecule has 82 valence electrons. The first-order chi connectivity index (χ1) is 7.33. The second-order valence-electron chi connectivity index (χ2n) is 3.80. The Morgan fingerprint density at radius 2 is 2.40 bits per heavy atom. The van der Waals surface area contributed by atoms with Crippen LogP contribution in [0.5, 0.6) is 0 Å². The van der Waals surface area contributed by atoms with Crippen LogP contribution in [0, 0.1) is 5.82 Å². The van der Waals surface area contributed by atoms with E-state index < -0.39 is 0 Å². The average molecular weight is 225 g/mol. The van der Waals surface area contributed by atoms with E-state index >= 15 is 0 Å². The van der Waals surface area contributed by atoms with E-state index in [1.54, 1.807) is 23.9 Å². The second kappa shape index (κ2) is 4.99. The fourth-order valence-corrected chi connectivity index (χ4v) is 3.06. The van der Waals surface area contributed by atoms with Gasteiger partial charge in [-0.25, -0.2) is 4.39 Å². The minimum Gasteiger partial charge on any atom is -0.310 e. The van der Waals surface area contributed by atoms with Crippen LogP contribution in [0.15, 0.2) is 23.1 Å². The number of halogens is 1. The van der Waals surface area contributed by atoms with E-state index in [9.17, 15) is 4.39 Å². The highest BCUT2D eigenvalue weighted by Crippen LogP contribution is 2.37. The molecule has 0 saturated carbocycles. The summed E-state index contributed by atoms with van der Waals surface area (Å²) in [5.74, 6) is 0.940. The summed E-state index contributed by atoms with van der Waals surface area (Å²) in [6, 6.07) is 5.74. The van der Waals surface area contributed by atoms with Crippen LogP contribution >= 0.6 is 11.8 Å². The summed E-state index contributed by atoms with van der Waals surface area (Å²) in [7, 11) is 0. The SMILES string of the molecule is CCCNC1CCSc2c(F)cccc21. The smallest absolute Gasteiger partial charge is 0.137 e. The lowest BCUT2D eigenvalue weighted by molar-refractivity contribution is 0.497. The van der Waals surface area contributed by atoms with Gasteiger partial charge in [0.25, 0.3) is 0 Å². The average Bonchev–Trinajstić information content (AvgIpc) is 2.27. The third-order valence-corrected chi connectivity index (χ3v) is 3.83. The van der Waals surface area contributed by atoms with Crippen molar-refractivity contribution in [3.05, 3.63) is 29.6 Å². The maximum absolute atomic E-state index is 13.5. The molecule has 0 radical (unpaired) electrons. The molecule has 0 amide bonds. The van der Waals surface area contributed by atoms with E-state index in [0.717, 1.165) is 35.6 Å². The minimum atomic E-state index is -0.0690. The minimum absolute atomic E-state index is 0.0690. The Morgan fingerprint density at radius 3 is 3.20 bits per heavy atom. The highest BCUT2D eigenvalue weighted by Gasteiger charge is 2.21. The zero-order chi connectivity index (χ0) is 10.7. The standard InChI is InChI=1S/C12H16FNS/c1-2-7-14-11-6-8-15-12-9(11)4-3-5-10(12)13/h3-5,11,14H,2,6-8H2,1H3. The van der Waals surface area contributed by atoms with Crippen LogP contribution in [-0.2, 0) is 0 Å². The van der Waals surface area contributed by atoms with Gasteiger partial charge in [-0.2, -0.15) is 0 Å². The van der Waals surface area contributed by atoms with E-state index in [-0.39, 0.29) is 5.82 Å². The normalized spacial score (nSPS) is 20.0. The van der Waals surface area contributed by atoms with Crippen molar-refractivity contribution >= 4 is 11.8 Å². The van der Waals surface area contributed by atoms with Crippen molar-refractivity contribution in [3.8, 4) is 0 Å². The lowest BCUT2D eigenvalue weighted by atomic mass is 10.0. The Bertz CT molecular complexity index is 340. The largest absolute Gasteiger partial charge is 0.310 e. The van der Waals surface area contributed by atoms with Crippen molar-refractivity contribution < 1.29 is 4.39 Å². The van der Waals surface area contributed by atoms with Crippen LogP contribution < -0.4 is 5.32 Å². The zero-order valence-corrected chi connectivity index (χ0v) is 9.74. The topological polar surface area (TPSA) is 12.0 Å². The van der Waals surface area contributed by atoms with Gasteiger partial charge in [-0.05, 0) is 36.8 Å². The van der Waals surface area contributed by atoms with Crippen molar-refractivity contribution in [1.82, 2.24) is 5.32 Å². The van der Waals surface area contributed by atoms with Crippen LogP contribution in [-0.4, -0.2) is 12.3 Å². The number of rotatable bonds is 3. The number of thioether (sulfide) groups is 1. The first-order valence-electron chi connectivity index (χ1n) is 5.47. The number of nitrogens with one attached hydrogen (secondary N) is 1. The van der Waals surface area contributed by atoms with Crippen molar-refractivity contribution in [2.24, 2.45) is 0 Å². The lowest BCUT2D eigenvalue weighted by Gasteiger charge is -2.26. The number of fused-ring (bicyclic) bond motifs is 1. The summed E-state index contributed by atoms with van der Waals surface area (Å²) in [5, 5.41) is 3.47. The predicted molar refractivity (Wildman–Crippen MR) is 62.8 cm³/mol. The van der Waals surface area contributed by atoms with Gasteiger partial charge in [0.1, 0.15) is 5.82 Å². The summed E-state index contributed by atoms with van der Waals surface area (Å²) < 4.78 is 13.5. The van der Waals surface area contributed by atoms with Gasteiger partial charge in [0, 0.05) is 10.9 Å². The zero-order valence-electron chi connectivity index (χ0n) is 8.92. The third-order valence-electron chi connectivity index (χ3n) is 2.67. The Balaban J connectivity index is 2.22. The molecule has 1 atom stereocenters. The molecule has 0 saturated heterocycles. The fraction of sp³-hybridized carbons (Fsp3) is 0.500. The molecule has 1 aromatic rings. The summed E-state index contributed by atoms with van der Waals surface area (Å²) in [5.41, 5.74) is 1.14. The molecule has 0 aromatic heterocycles. The molecule has 0 spiro atoms. The highest BCUT2D eigenvalue weighted by atomic mass is 32.2. The van der Waals surface area contributed by atoms with Crippen LogP contribution in [0.3, 0.4) is 0 Å². The third kappa shape index (κ3) is 2.34. The molecule has 1 N–H and O–H groups in total. The first kappa shape index (κ1) is 11.0. The van der Waals surface area contributed by atoms with Crippen LogP contribution in [0.1, 0.15) is 31.4 Å². The lowest BCUT2D eigenvalue weighted by Crippen LogP contribution is -2.25. The van der Waals surface area contributed by atoms with E-state index in [2.05, 4.69) is 12.2 Å². The first-order valence-corrected chi connectivity index (χ1v) is 6.46. The molecule has 0 aliphatic carbocycles. The van der Waals surface area contributed by atoms with Gasteiger partial charge < -0.3 is 5.32 Å². The molecule has 15 heavy (non-hydrogen) atoms. The van der Waals surface area contributed by atoms with Crippen molar-refractivity contribution in [3.63, 3.8) is 0 Å². The maximum atomic E-state index is 13.5. The molecule has 1 aliphatic rings. The van der Waals surface area contributed by atoms with Gasteiger partial charge in [0.05, 0.1) is 0 Å². The molecule has 0 fully saturated rings. The van der Waals surface area contributed by atoms with E-state index in [1.807, 2.05) is 6.07 Å². The Kier molecular flexibility index (Phi) is 3.65. The predicted octanol–water partition coefficient (Wildman–Crippen LogP) is 3.36. The van der Waals surface area contributed by atoms with Gasteiger partial charge in [-0.15, -0.1) is 11.8 Å². The molecule has 1 nitrogen and oxygen atoms in total. The van der Waals surface area contributed by atoms with Gasteiger partial charge in [0.2, 0.25) is 0 Å². The highest BCUT2D eigenvalue weighted by molar-refractivity contribution is 7.99. The summed E-state index contributed by atoms with van der Waals surface area (Å²) >= 11 is 1.64. The Morgan fingerprint density at radius 1 is 1.53 bits per heavy atom. The van der Waals surface area contributed by atoms with Gasteiger partial charge in [0.15, 0.2) is 0 Å². The van der Waals surface area contributed by atoms with E-state index in [0.29, 0.717) is 6.04 Å². The number of hydrogen-bond donors (Lipinski definition) is 1. The van der Waals surface area contributed by atoms with Gasteiger partial charge in [-0.1, -0.05) is 19.1 Å². The fourth-order valence-electron chi connectivity index (χ4n) is 1.92. The molecule has 0 bridgehead atoms.